The molecule has 3 saturated heterocycles. The summed E-state index contributed by atoms with van der Waals surface area (Å²) in [6, 6.07) is 0. The van der Waals surface area contributed by atoms with Gasteiger partial charge in [0, 0.05) is 19.2 Å². The smallest absolute Gasteiger partial charge is 0.246 e. The molecule has 3 rings (SSSR count). The summed E-state index contributed by atoms with van der Waals surface area (Å²) in [7, 11) is 0. The summed E-state index contributed by atoms with van der Waals surface area (Å²) >= 11 is 0. The van der Waals surface area contributed by atoms with Crippen molar-refractivity contribution in [1.82, 2.24) is 4.90 Å². The van der Waals surface area contributed by atoms with Crippen LogP contribution in [0.15, 0.2) is 12.2 Å². The molecule has 0 bridgehead atoms. The Morgan fingerprint density at radius 1 is 0.920 bits per heavy atom. The predicted molar refractivity (Wildman–Crippen MR) is 89.6 cm³/mol. The molecule has 142 valence electrons. The van der Waals surface area contributed by atoms with E-state index in [2.05, 4.69) is 0 Å². The number of ether oxygens (including phenoxy) is 5. The lowest BCUT2D eigenvalue weighted by Crippen LogP contribution is -2.54. The Kier molecular flexibility index (Phi) is 4.98. The molecule has 25 heavy (non-hydrogen) atoms. The number of likely N-dealkylation sites (N-methyl/N-ethyl adjacent to an activating group) is 1. The third kappa shape index (κ3) is 3.75. The summed E-state index contributed by atoms with van der Waals surface area (Å²) in [5.41, 5.74) is 0. The fourth-order valence-electron chi connectivity index (χ4n) is 3.62. The molecule has 7 nitrogen and oxygen atoms in total. The lowest BCUT2D eigenvalue weighted by molar-refractivity contribution is -0.222. The van der Waals surface area contributed by atoms with Crippen LogP contribution in [0.3, 0.4) is 0 Å². The first kappa shape index (κ1) is 18.8. The van der Waals surface area contributed by atoms with Gasteiger partial charge < -0.3 is 28.6 Å². The van der Waals surface area contributed by atoms with Crippen LogP contribution in [-0.2, 0) is 28.5 Å². The molecule has 5 atom stereocenters. The normalized spacial score (nSPS) is 38.6. The number of carbonyl (C=O) groups is 1. The molecule has 3 aliphatic heterocycles. The molecule has 0 radical (unpaired) electrons. The van der Waals surface area contributed by atoms with Crippen LogP contribution in [0.2, 0.25) is 0 Å². The van der Waals surface area contributed by atoms with E-state index in [0.717, 1.165) is 0 Å². The van der Waals surface area contributed by atoms with Gasteiger partial charge >= 0.3 is 0 Å². The van der Waals surface area contributed by atoms with E-state index in [-0.39, 0.29) is 24.2 Å². The topological polar surface area (TPSA) is 66.5 Å². The Morgan fingerprint density at radius 3 is 2.12 bits per heavy atom. The Balaban J connectivity index is 1.79. The maximum atomic E-state index is 12.3. The highest BCUT2D eigenvalue weighted by atomic mass is 16.9. The Labute approximate surface area is 149 Å². The lowest BCUT2D eigenvalue weighted by atomic mass is 9.98. The second-order valence-electron chi connectivity index (χ2n) is 7.50. The SMILES string of the molecule is CCN(CC)C(=O)/C=C/[C@H]1O[C@@H]2OC(C)(C)O[C@@H]2[C@H]2OC(C)(C)O[C@H]21. The van der Waals surface area contributed by atoms with Crippen LogP contribution in [-0.4, -0.2) is 66.2 Å². The molecule has 0 N–H and O–H groups in total. The molecule has 0 aromatic heterocycles. The summed E-state index contributed by atoms with van der Waals surface area (Å²) in [5.74, 6) is -1.53. The minimum absolute atomic E-state index is 0.0469. The molecule has 3 heterocycles. The van der Waals surface area contributed by atoms with Crippen molar-refractivity contribution in [2.45, 2.75) is 83.8 Å². The Morgan fingerprint density at radius 2 is 1.48 bits per heavy atom. The second-order valence-corrected chi connectivity index (χ2v) is 7.50. The number of carbonyl (C=O) groups excluding carboxylic acids is 1. The third-order valence-corrected chi connectivity index (χ3v) is 4.69. The van der Waals surface area contributed by atoms with Crippen LogP contribution in [0.4, 0.5) is 0 Å². The van der Waals surface area contributed by atoms with Crippen molar-refractivity contribution in [1.29, 1.82) is 0 Å². The minimum Gasteiger partial charge on any atom is -0.342 e. The van der Waals surface area contributed by atoms with E-state index in [4.69, 9.17) is 23.7 Å². The average molecular weight is 355 g/mol. The monoisotopic (exact) mass is 355 g/mol. The van der Waals surface area contributed by atoms with Gasteiger partial charge in [0.15, 0.2) is 17.9 Å². The number of amides is 1. The molecule has 0 spiro atoms. The van der Waals surface area contributed by atoms with Crippen molar-refractivity contribution in [3.05, 3.63) is 12.2 Å². The van der Waals surface area contributed by atoms with E-state index in [0.29, 0.717) is 13.1 Å². The van der Waals surface area contributed by atoms with E-state index in [1.165, 1.54) is 0 Å². The molecule has 3 fully saturated rings. The Hall–Kier alpha value is -0.990. The van der Waals surface area contributed by atoms with Crippen LogP contribution in [0, 0.1) is 0 Å². The van der Waals surface area contributed by atoms with E-state index >= 15 is 0 Å². The van der Waals surface area contributed by atoms with Gasteiger partial charge in [0.2, 0.25) is 5.91 Å². The zero-order chi connectivity index (χ0) is 18.4. The summed E-state index contributed by atoms with van der Waals surface area (Å²) in [4.78, 5) is 14.0. The zero-order valence-electron chi connectivity index (χ0n) is 15.9. The lowest BCUT2D eigenvalue weighted by Gasteiger charge is -2.36. The van der Waals surface area contributed by atoms with Crippen molar-refractivity contribution in [2.75, 3.05) is 13.1 Å². The van der Waals surface area contributed by atoms with Crippen molar-refractivity contribution < 1.29 is 28.5 Å². The number of fused-ring (bicyclic) bond motifs is 3. The van der Waals surface area contributed by atoms with Gasteiger partial charge in [-0.05, 0) is 47.6 Å². The first-order valence-electron chi connectivity index (χ1n) is 8.99. The molecule has 3 aliphatic rings. The maximum Gasteiger partial charge on any atom is 0.246 e. The van der Waals surface area contributed by atoms with E-state index in [9.17, 15) is 4.79 Å². The molecule has 0 aliphatic carbocycles. The molecule has 0 unspecified atom stereocenters. The van der Waals surface area contributed by atoms with E-state index in [1.54, 1.807) is 17.1 Å². The highest BCUT2D eigenvalue weighted by Crippen LogP contribution is 2.44. The van der Waals surface area contributed by atoms with Crippen LogP contribution in [0.1, 0.15) is 41.5 Å². The number of hydrogen-bond donors (Lipinski definition) is 0. The van der Waals surface area contributed by atoms with Gasteiger partial charge in [0.25, 0.3) is 0 Å². The number of nitrogens with zero attached hydrogens (tertiary/aromatic N) is 1. The average Bonchev–Trinajstić information content (AvgIpc) is 3.00. The molecular formula is C18H29NO6. The number of rotatable bonds is 4. The van der Waals surface area contributed by atoms with Gasteiger partial charge in [-0.15, -0.1) is 0 Å². The highest BCUT2D eigenvalue weighted by Gasteiger charge is 2.60. The van der Waals surface area contributed by atoms with E-state index < -0.39 is 24.0 Å². The first-order valence-corrected chi connectivity index (χ1v) is 8.99. The fourth-order valence-corrected chi connectivity index (χ4v) is 3.62. The van der Waals surface area contributed by atoms with Gasteiger partial charge in [-0.3, -0.25) is 4.79 Å². The van der Waals surface area contributed by atoms with Gasteiger partial charge in [-0.2, -0.15) is 0 Å². The maximum absolute atomic E-state index is 12.3. The summed E-state index contributed by atoms with van der Waals surface area (Å²) < 4.78 is 29.9. The van der Waals surface area contributed by atoms with Gasteiger partial charge in [-0.1, -0.05) is 0 Å². The molecule has 0 aromatic rings. The first-order chi connectivity index (χ1) is 11.7. The second kappa shape index (κ2) is 6.63. The predicted octanol–water partition coefficient (Wildman–Crippen LogP) is 1.81. The summed E-state index contributed by atoms with van der Waals surface area (Å²) in [6.07, 6.45) is 1.28. The molecule has 0 aromatic carbocycles. The standard InChI is InChI=1S/C18H29NO6/c1-7-19(8-2)12(20)10-9-11-13-14(23-17(3,4)22-13)15-16(21-11)25-18(5,6)24-15/h9-11,13-16H,7-8H2,1-6H3/b10-9+/t11-,13+,14+,15-,16-/m1/s1. The highest BCUT2D eigenvalue weighted by molar-refractivity contribution is 5.87. The fraction of sp³-hybridized carbons (Fsp3) is 0.833. The van der Waals surface area contributed by atoms with Crippen LogP contribution >= 0.6 is 0 Å². The zero-order valence-corrected chi connectivity index (χ0v) is 15.9. The van der Waals surface area contributed by atoms with Gasteiger partial charge in [0.1, 0.15) is 24.4 Å². The van der Waals surface area contributed by atoms with Crippen LogP contribution < -0.4 is 0 Å². The molecule has 7 heteroatoms. The minimum atomic E-state index is -0.744. The number of hydrogen-bond acceptors (Lipinski definition) is 6. The molecule has 1 amide bonds. The van der Waals surface area contributed by atoms with Crippen molar-refractivity contribution in [3.63, 3.8) is 0 Å². The van der Waals surface area contributed by atoms with Crippen molar-refractivity contribution >= 4 is 5.91 Å². The largest absolute Gasteiger partial charge is 0.342 e. The quantitative estimate of drug-likeness (QED) is 0.717. The van der Waals surface area contributed by atoms with Gasteiger partial charge in [0.05, 0.1) is 0 Å². The van der Waals surface area contributed by atoms with Crippen molar-refractivity contribution in [3.8, 4) is 0 Å². The summed E-state index contributed by atoms with van der Waals surface area (Å²) in [6.45, 7) is 12.7. The van der Waals surface area contributed by atoms with E-state index in [1.807, 2.05) is 41.5 Å². The Bertz CT molecular complexity index is 542. The van der Waals surface area contributed by atoms with Crippen molar-refractivity contribution in [2.24, 2.45) is 0 Å². The van der Waals surface area contributed by atoms with Crippen LogP contribution in [0.5, 0.6) is 0 Å². The van der Waals surface area contributed by atoms with Crippen LogP contribution in [0.25, 0.3) is 0 Å². The molecular weight excluding hydrogens is 326 g/mol. The summed E-state index contributed by atoms with van der Waals surface area (Å²) in [5, 5.41) is 0. The van der Waals surface area contributed by atoms with Gasteiger partial charge in [-0.25, -0.2) is 0 Å². The third-order valence-electron chi connectivity index (χ3n) is 4.69. The molecule has 0 saturated carbocycles.